The van der Waals surface area contributed by atoms with E-state index in [1.54, 1.807) is 0 Å². The Kier molecular flexibility index (Phi) is 4.15. The van der Waals surface area contributed by atoms with Crippen LogP contribution in [-0.2, 0) is 6.42 Å². The van der Waals surface area contributed by atoms with E-state index in [4.69, 9.17) is 5.73 Å². The normalized spacial score (nSPS) is 11.5. The van der Waals surface area contributed by atoms with Gasteiger partial charge in [-0.15, -0.1) is 0 Å². The molecule has 0 aromatic heterocycles. The Balaban J connectivity index is 2.50. The molecule has 0 atom stereocenters. The highest BCUT2D eigenvalue weighted by Crippen LogP contribution is 2.15. The Bertz CT molecular complexity index is 300. The van der Waals surface area contributed by atoms with Crippen molar-refractivity contribution in [3.05, 3.63) is 29.8 Å². The number of hydrogen-bond donors (Lipinski definition) is 2. The van der Waals surface area contributed by atoms with Crippen molar-refractivity contribution in [2.45, 2.75) is 39.2 Å². The smallest absolute Gasteiger partial charge is 0.0372 e. The van der Waals surface area contributed by atoms with Crippen LogP contribution in [0.25, 0.3) is 0 Å². The van der Waals surface area contributed by atoms with Crippen molar-refractivity contribution in [2.24, 2.45) is 5.73 Å². The number of para-hydroxylation sites is 1. The third-order valence-electron chi connectivity index (χ3n) is 2.48. The number of nitrogens with one attached hydrogen (secondary N) is 1. The third-order valence-corrected chi connectivity index (χ3v) is 2.48. The first-order chi connectivity index (χ1) is 7.03. The standard InChI is InChI=1S/C13H22N2/c1-4-11-7-5-6-8-12(11)15-10-9-13(2,3)14/h5-8,15H,4,9-10,14H2,1-3H3. The van der Waals surface area contributed by atoms with Crippen LogP contribution in [-0.4, -0.2) is 12.1 Å². The fourth-order valence-electron chi connectivity index (χ4n) is 1.52. The zero-order valence-electron chi connectivity index (χ0n) is 10.0. The summed E-state index contributed by atoms with van der Waals surface area (Å²) in [4.78, 5) is 0. The highest BCUT2D eigenvalue weighted by Gasteiger charge is 2.09. The Labute approximate surface area is 92.9 Å². The van der Waals surface area contributed by atoms with Gasteiger partial charge in [-0.2, -0.15) is 0 Å². The van der Waals surface area contributed by atoms with Crippen molar-refractivity contribution in [1.29, 1.82) is 0 Å². The maximum atomic E-state index is 5.93. The van der Waals surface area contributed by atoms with Crippen LogP contribution in [0.15, 0.2) is 24.3 Å². The van der Waals surface area contributed by atoms with E-state index in [-0.39, 0.29) is 5.54 Å². The van der Waals surface area contributed by atoms with Gasteiger partial charge in [0, 0.05) is 17.8 Å². The average molecular weight is 206 g/mol. The van der Waals surface area contributed by atoms with E-state index in [1.807, 2.05) is 0 Å². The van der Waals surface area contributed by atoms with E-state index < -0.39 is 0 Å². The van der Waals surface area contributed by atoms with Gasteiger partial charge in [-0.05, 0) is 38.3 Å². The van der Waals surface area contributed by atoms with Gasteiger partial charge >= 0.3 is 0 Å². The largest absolute Gasteiger partial charge is 0.385 e. The van der Waals surface area contributed by atoms with Crippen LogP contribution in [0.3, 0.4) is 0 Å². The molecule has 0 aliphatic heterocycles. The molecule has 0 heterocycles. The predicted octanol–water partition coefficient (Wildman–Crippen LogP) is 2.79. The highest BCUT2D eigenvalue weighted by atomic mass is 14.9. The molecule has 0 aliphatic rings. The summed E-state index contributed by atoms with van der Waals surface area (Å²) < 4.78 is 0. The number of nitrogens with two attached hydrogens (primary N) is 1. The van der Waals surface area contributed by atoms with Crippen molar-refractivity contribution in [3.8, 4) is 0 Å². The second-order valence-corrected chi connectivity index (χ2v) is 4.68. The minimum atomic E-state index is -0.0891. The number of aryl methyl sites for hydroxylation is 1. The van der Waals surface area contributed by atoms with Gasteiger partial charge < -0.3 is 11.1 Å². The van der Waals surface area contributed by atoms with Gasteiger partial charge in [0.05, 0.1) is 0 Å². The molecule has 0 amide bonds. The van der Waals surface area contributed by atoms with Gasteiger partial charge in [0.1, 0.15) is 0 Å². The molecule has 0 bridgehead atoms. The summed E-state index contributed by atoms with van der Waals surface area (Å²) >= 11 is 0. The van der Waals surface area contributed by atoms with Gasteiger partial charge in [-0.25, -0.2) is 0 Å². The summed E-state index contributed by atoms with van der Waals surface area (Å²) in [6, 6.07) is 8.43. The molecule has 2 heteroatoms. The molecule has 0 aliphatic carbocycles. The van der Waals surface area contributed by atoms with Gasteiger partial charge in [-0.1, -0.05) is 25.1 Å². The van der Waals surface area contributed by atoms with Crippen molar-refractivity contribution in [2.75, 3.05) is 11.9 Å². The second kappa shape index (κ2) is 5.17. The van der Waals surface area contributed by atoms with E-state index >= 15 is 0 Å². The first kappa shape index (κ1) is 12.1. The molecule has 0 radical (unpaired) electrons. The lowest BCUT2D eigenvalue weighted by Crippen LogP contribution is -2.34. The maximum absolute atomic E-state index is 5.93. The average Bonchev–Trinajstić information content (AvgIpc) is 2.16. The Morgan fingerprint density at radius 2 is 1.93 bits per heavy atom. The zero-order chi connectivity index (χ0) is 11.3. The fraction of sp³-hybridized carbons (Fsp3) is 0.538. The van der Waals surface area contributed by atoms with E-state index in [2.05, 4.69) is 50.4 Å². The lowest BCUT2D eigenvalue weighted by molar-refractivity contribution is 0.490. The van der Waals surface area contributed by atoms with Gasteiger partial charge in [0.15, 0.2) is 0 Å². The second-order valence-electron chi connectivity index (χ2n) is 4.68. The quantitative estimate of drug-likeness (QED) is 0.777. The minimum Gasteiger partial charge on any atom is -0.385 e. The molecule has 0 fully saturated rings. The summed E-state index contributed by atoms with van der Waals surface area (Å²) in [6.07, 6.45) is 2.04. The van der Waals surface area contributed by atoms with Crippen molar-refractivity contribution in [1.82, 2.24) is 0 Å². The van der Waals surface area contributed by atoms with Crippen LogP contribution in [0, 0.1) is 0 Å². The monoisotopic (exact) mass is 206 g/mol. The fourth-order valence-corrected chi connectivity index (χ4v) is 1.52. The molecule has 2 nitrogen and oxygen atoms in total. The Morgan fingerprint density at radius 3 is 2.53 bits per heavy atom. The predicted molar refractivity (Wildman–Crippen MR) is 67.2 cm³/mol. The molecule has 1 aromatic rings. The lowest BCUT2D eigenvalue weighted by atomic mass is 10.0. The summed E-state index contributed by atoms with van der Waals surface area (Å²) in [7, 11) is 0. The van der Waals surface area contributed by atoms with Crippen LogP contribution >= 0.6 is 0 Å². The topological polar surface area (TPSA) is 38.0 Å². The molecule has 1 rings (SSSR count). The van der Waals surface area contributed by atoms with Crippen molar-refractivity contribution >= 4 is 5.69 Å². The van der Waals surface area contributed by atoms with Crippen LogP contribution in [0.2, 0.25) is 0 Å². The number of hydrogen-bond acceptors (Lipinski definition) is 2. The molecular formula is C13H22N2. The van der Waals surface area contributed by atoms with E-state index in [1.165, 1.54) is 11.3 Å². The molecule has 1 aromatic carbocycles. The van der Waals surface area contributed by atoms with Crippen LogP contribution in [0.5, 0.6) is 0 Å². The SMILES string of the molecule is CCc1ccccc1NCCC(C)(C)N. The highest BCUT2D eigenvalue weighted by molar-refractivity contribution is 5.50. The first-order valence-electron chi connectivity index (χ1n) is 5.63. The van der Waals surface area contributed by atoms with Crippen LogP contribution in [0.4, 0.5) is 5.69 Å². The van der Waals surface area contributed by atoms with Gasteiger partial charge in [0.2, 0.25) is 0 Å². The van der Waals surface area contributed by atoms with E-state index in [9.17, 15) is 0 Å². The summed E-state index contributed by atoms with van der Waals surface area (Å²) in [5.41, 5.74) is 8.45. The van der Waals surface area contributed by atoms with Gasteiger partial charge in [0.25, 0.3) is 0 Å². The van der Waals surface area contributed by atoms with E-state index in [0.29, 0.717) is 0 Å². The molecular weight excluding hydrogens is 184 g/mol. The number of anilines is 1. The summed E-state index contributed by atoms with van der Waals surface area (Å²) in [6.45, 7) is 7.22. The zero-order valence-corrected chi connectivity index (χ0v) is 10.0. The minimum absolute atomic E-state index is 0.0891. The number of benzene rings is 1. The van der Waals surface area contributed by atoms with Crippen molar-refractivity contribution < 1.29 is 0 Å². The van der Waals surface area contributed by atoms with Gasteiger partial charge in [-0.3, -0.25) is 0 Å². The Morgan fingerprint density at radius 1 is 1.27 bits per heavy atom. The molecule has 0 unspecified atom stereocenters. The Hall–Kier alpha value is -1.02. The first-order valence-corrected chi connectivity index (χ1v) is 5.63. The third kappa shape index (κ3) is 4.34. The molecule has 3 N–H and O–H groups in total. The maximum Gasteiger partial charge on any atom is 0.0372 e. The molecule has 0 saturated carbocycles. The lowest BCUT2D eigenvalue weighted by Gasteiger charge is -2.19. The number of rotatable bonds is 5. The summed E-state index contributed by atoms with van der Waals surface area (Å²) in [5.74, 6) is 0. The van der Waals surface area contributed by atoms with Crippen LogP contribution in [0.1, 0.15) is 32.8 Å². The summed E-state index contributed by atoms with van der Waals surface area (Å²) in [5, 5.41) is 3.44. The molecule has 0 spiro atoms. The van der Waals surface area contributed by atoms with E-state index in [0.717, 1.165) is 19.4 Å². The molecule has 15 heavy (non-hydrogen) atoms. The molecule has 84 valence electrons. The van der Waals surface area contributed by atoms with Crippen molar-refractivity contribution in [3.63, 3.8) is 0 Å². The molecule has 0 saturated heterocycles. The van der Waals surface area contributed by atoms with Crippen LogP contribution < -0.4 is 11.1 Å².